The van der Waals surface area contributed by atoms with E-state index < -0.39 is 6.10 Å². The van der Waals surface area contributed by atoms with E-state index in [4.69, 9.17) is 14.2 Å². The Balaban J connectivity index is 4.25. The van der Waals surface area contributed by atoms with Crippen LogP contribution in [0.15, 0.2) is 60.8 Å². The summed E-state index contributed by atoms with van der Waals surface area (Å²) >= 11 is 0. The van der Waals surface area contributed by atoms with Gasteiger partial charge in [0.1, 0.15) is 13.2 Å². The fourth-order valence-electron chi connectivity index (χ4n) is 8.90. The van der Waals surface area contributed by atoms with Crippen molar-refractivity contribution in [3.05, 3.63) is 60.8 Å². The Labute approximate surface area is 440 Å². The Morgan fingerprint density at radius 3 is 0.873 bits per heavy atom. The minimum Gasteiger partial charge on any atom is -0.462 e. The van der Waals surface area contributed by atoms with E-state index in [2.05, 4.69) is 81.5 Å². The van der Waals surface area contributed by atoms with Crippen molar-refractivity contribution in [2.75, 3.05) is 13.2 Å². The van der Waals surface area contributed by atoms with E-state index in [1.807, 2.05) is 0 Å². The molecule has 0 aliphatic rings. The third-order valence-corrected chi connectivity index (χ3v) is 13.5. The standard InChI is InChI=1S/C65H116O6/c1-4-7-10-13-16-19-22-24-26-28-29-30-31-32-33-34-35-37-38-40-43-46-49-52-55-58-64(67)70-61-62(60-69-63(66)57-54-51-48-45-42-21-18-15-12-9-6-3)71-65(68)59-56-53-50-47-44-41-39-36-27-25-23-20-17-14-11-8-5-2/h7,10,16,19,24-27,29-30,62H,4-6,8-9,11-15,17-18,20-23,28,31-61H2,1-3H3/b10-7-,19-16-,26-24-,27-25-,30-29-. The largest absolute Gasteiger partial charge is 0.462 e. The second kappa shape index (κ2) is 59.7. The number of unbranched alkanes of at least 4 members (excludes halogenated alkanes) is 35. The zero-order chi connectivity index (χ0) is 51.4. The van der Waals surface area contributed by atoms with Gasteiger partial charge in [0.15, 0.2) is 6.10 Å². The Hall–Kier alpha value is -2.89. The minimum atomic E-state index is -0.774. The fourth-order valence-corrected chi connectivity index (χ4v) is 8.90. The second-order valence-electron chi connectivity index (χ2n) is 20.6. The normalized spacial score (nSPS) is 12.4. The van der Waals surface area contributed by atoms with E-state index >= 15 is 0 Å². The summed E-state index contributed by atoms with van der Waals surface area (Å²) in [6.45, 7) is 6.55. The predicted molar refractivity (Wildman–Crippen MR) is 307 cm³/mol. The van der Waals surface area contributed by atoms with E-state index in [1.165, 1.54) is 193 Å². The fraction of sp³-hybridized carbons (Fsp3) is 0.800. The van der Waals surface area contributed by atoms with Crippen LogP contribution in [-0.4, -0.2) is 37.2 Å². The molecule has 0 saturated heterocycles. The lowest BCUT2D eigenvalue weighted by atomic mass is 10.0. The van der Waals surface area contributed by atoms with Crippen LogP contribution in [0.2, 0.25) is 0 Å². The van der Waals surface area contributed by atoms with Crippen LogP contribution in [0.5, 0.6) is 0 Å². The van der Waals surface area contributed by atoms with Crippen LogP contribution in [0.25, 0.3) is 0 Å². The van der Waals surface area contributed by atoms with Gasteiger partial charge in [0, 0.05) is 19.3 Å². The van der Waals surface area contributed by atoms with Gasteiger partial charge in [-0.3, -0.25) is 14.4 Å². The molecule has 6 nitrogen and oxygen atoms in total. The van der Waals surface area contributed by atoms with Crippen molar-refractivity contribution in [1.29, 1.82) is 0 Å². The highest BCUT2D eigenvalue weighted by Crippen LogP contribution is 2.16. The topological polar surface area (TPSA) is 78.9 Å². The monoisotopic (exact) mass is 993 g/mol. The molecule has 0 aromatic heterocycles. The predicted octanol–water partition coefficient (Wildman–Crippen LogP) is 20.8. The molecule has 6 heteroatoms. The molecule has 1 atom stereocenters. The van der Waals surface area contributed by atoms with E-state index in [9.17, 15) is 14.4 Å². The molecule has 71 heavy (non-hydrogen) atoms. The Morgan fingerprint density at radius 2 is 0.549 bits per heavy atom. The number of carbonyl (C=O) groups is 3. The van der Waals surface area contributed by atoms with Crippen molar-refractivity contribution < 1.29 is 28.6 Å². The van der Waals surface area contributed by atoms with Crippen molar-refractivity contribution in [3.8, 4) is 0 Å². The van der Waals surface area contributed by atoms with Crippen molar-refractivity contribution in [1.82, 2.24) is 0 Å². The number of allylic oxidation sites excluding steroid dienone is 10. The first-order valence-corrected chi connectivity index (χ1v) is 30.8. The van der Waals surface area contributed by atoms with Crippen molar-refractivity contribution in [3.63, 3.8) is 0 Å². The summed E-state index contributed by atoms with van der Waals surface area (Å²) in [4.78, 5) is 38.2. The maximum Gasteiger partial charge on any atom is 0.306 e. The number of esters is 3. The zero-order valence-electron chi connectivity index (χ0n) is 47.2. The lowest BCUT2D eigenvalue weighted by Gasteiger charge is -2.18. The second-order valence-corrected chi connectivity index (χ2v) is 20.6. The molecule has 412 valence electrons. The van der Waals surface area contributed by atoms with Crippen LogP contribution in [0.4, 0.5) is 0 Å². The van der Waals surface area contributed by atoms with Crippen LogP contribution >= 0.6 is 0 Å². The summed E-state index contributed by atoms with van der Waals surface area (Å²) in [5, 5.41) is 0. The van der Waals surface area contributed by atoms with Gasteiger partial charge in [-0.25, -0.2) is 0 Å². The van der Waals surface area contributed by atoms with Crippen LogP contribution in [0.1, 0.15) is 316 Å². The molecular formula is C65H116O6. The van der Waals surface area contributed by atoms with E-state index in [-0.39, 0.29) is 31.1 Å². The van der Waals surface area contributed by atoms with Crippen molar-refractivity contribution in [2.45, 2.75) is 322 Å². The van der Waals surface area contributed by atoms with Crippen LogP contribution in [-0.2, 0) is 28.6 Å². The molecule has 0 spiro atoms. The molecule has 0 amide bonds. The van der Waals surface area contributed by atoms with Crippen LogP contribution in [0.3, 0.4) is 0 Å². The quantitative estimate of drug-likeness (QED) is 0.0261. The lowest BCUT2D eigenvalue weighted by Crippen LogP contribution is -2.30. The van der Waals surface area contributed by atoms with E-state index in [0.717, 1.165) is 83.5 Å². The van der Waals surface area contributed by atoms with Gasteiger partial charge in [0.25, 0.3) is 0 Å². The van der Waals surface area contributed by atoms with Crippen LogP contribution < -0.4 is 0 Å². The number of hydrogen-bond donors (Lipinski definition) is 0. The highest BCUT2D eigenvalue weighted by Gasteiger charge is 2.19. The lowest BCUT2D eigenvalue weighted by molar-refractivity contribution is -0.167. The third-order valence-electron chi connectivity index (χ3n) is 13.5. The average molecular weight is 994 g/mol. The Bertz CT molecular complexity index is 1280. The van der Waals surface area contributed by atoms with Crippen LogP contribution in [0, 0.1) is 0 Å². The van der Waals surface area contributed by atoms with Crippen molar-refractivity contribution >= 4 is 17.9 Å². The summed E-state index contributed by atoms with van der Waals surface area (Å²) in [7, 11) is 0. The Kier molecular flexibility index (Phi) is 57.2. The summed E-state index contributed by atoms with van der Waals surface area (Å²) < 4.78 is 16.9. The first-order chi connectivity index (χ1) is 35.0. The smallest absolute Gasteiger partial charge is 0.306 e. The molecular weight excluding hydrogens is 877 g/mol. The maximum absolute atomic E-state index is 12.9. The highest BCUT2D eigenvalue weighted by atomic mass is 16.6. The molecule has 0 aliphatic heterocycles. The zero-order valence-corrected chi connectivity index (χ0v) is 47.2. The molecule has 0 fully saturated rings. The molecule has 0 rings (SSSR count). The Morgan fingerprint density at radius 1 is 0.296 bits per heavy atom. The summed E-state index contributed by atoms with van der Waals surface area (Å²) in [6, 6.07) is 0. The molecule has 0 bridgehead atoms. The number of hydrogen-bond acceptors (Lipinski definition) is 6. The van der Waals surface area contributed by atoms with Gasteiger partial charge in [0.2, 0.25) is 0 Å². The number of carbonyl (C=O) groups excluding carboxylic acids is 3. The third kappa shape index (κ3) is 57.9. The van der Waals surface area contributed by atoms with Gasteiger partial charge in [-0.1, -0.05) is 274 Å². The van der Waals surface area contributed by atoms with Crippen molar-refractivity contribution in [2.24, 2.45) is 0 Å². The maximum atomic E-state index is 12.9. The first-order valence-electron chi connectivity index (χ1n) is 30.8. The SMILES string of the molecule is CC/C=C\C/C=C\C/C=C\C/C=C\CCCCCCCCCCCCCCC(=O)OCC(COC(=O)CCCCCCCCCCCCC)OC(=O)CCCCCCCCC/C=C\CCCCCCCC. The number of rotatable bonds is 56. The van der Waals surface area contributed by atoms with E-state index in [1.54, 1.807) is 0 Å². The molecule has 0 aromatic rings. The summed E-state index contributed by atoms with van der Waals surface area (Å²) in [5.41, 5.74) is 0. The minimum absolute atomic E-state index is 0.0726. The van der Waals surface area contributed by atoms with Gasteiger partial charge in [-0.2, -0.15) is 0 Å². The molecule has 0 N–H and O–H groups in total. The number of ether oxygens (including phenoxy) is 3. The summed E-state index contributed by atoms with van der Waals surface area (Å²) in [6.07, 6.45) is 75.1. The van der Waals surface area contributed by atoms with Gasteiger partial charge < -0.3 is 14.2 Å². The average Bonchev–Trinajstić information content (AvgIpc) is 3.37. The van der Waals surface area contributed by atoms with Gasteiger partial charge >= 0.3 is 17.9 Å². The molecule has 1 unspecified atom stereocenters. The van der Waals surface area contributed by atoms with Gasteiger partial charge in [0.05, 0.1) is 0 Å². The van der Waals surface area contributed by atoms with Gasteiger partial charge in [-0.15, -0.1) is 0 Å². The molecule has 0 aromatic carbocycles. The highest BCUT2D eigenvalue weighted by molar-refractivity contribution is 5.71. The molecule has 0 aliphatic carbocycles. The molecule has 0 saturated carbocycles. The molecule has 0 heterocycles. The molecule has 0 radical (unpaired) electrons. The van der Waals surface area contributed by atoms with E-state index in [0.29, 0.717) is 19.3 Å². The first kappa shape index (κ1) is 68.1. The van der Waals surface area contributed by atoms with Gasteiger partial charge in [-0.05, 0) is 83.5 Å². The summed E-state index contributed by atoms with van der Waals surface area (Å²) in [5.74, 6) is -0.864.